The molecule has 1 aromatic heterocycles. The summed E-state index contributed by atoms with van der Waals surface area (Å²) in [6.45, 7) is 7.07. The Morgan fingerprint density at radius 2 is 2.08 bits per heavy atom. The van der Waals surface area contributed by atoms with Crippen molar-refractivity contribution in [2.24, 2.45) is 5.41 Å². The zero-order valence-electron chi connectivity index (χ0n) is 15.2. The standard InChI is InChI=1S/C18H25N5O2/c1-5-25-16-11-15(18(16,2)3)22(4)17(24)10-13-6-8-14(9-7-13)23-12-19-20-21-23/h6-9,12,15-16H,5,10-11H2,1-4H3/t15-,16-/m0/s1. The third kappa shape index (κ3) is 3.42. The number of carbonyl (C=O) groups is 1. The molecule has 0 saturated heterocycles. The Hall–Kier alpha value is -2.28. The van der Waals surface area contributed by atoms with Crippen molar-refractivity contribution in [3.05, 3.63) is 36.2 Å². The van der Waals surface area contributed by atoms with Gasteiger partial charge in [0.25, 0.3) is 0 Å². The maximum Gasteiger partial charge on any atom is 0.227 e. The predicted molar refractivity (Wildman–Crippen MR) is 93.2 cm³/mol. The molecule has 1 aromatic carbocycles. The van der Waals surface area contributed by atoms with Crippen molar-refractivity contribution in [1.29, 1.82) is 0 Å². The van der Waals surface area contributed by atoms with E-state index < -0.39 is 0 Å². The van der Waals surface area contributed by atoms with Crippen molar-refractivity contribution in [3.8, 4) is 5.69 Å². The highest BCUT2D eigenvalue weighted by atomic mass is 16.5. The SMILES string of the molecule is CCO[C@H]1C[C@H](N(C)C(=O)Cc2ccc(-n3cnnn3)cc2)C1(C)C. The molecular weight excluding hydrogens is 318 g/mol. The van der Waals surface area contributed by atoms with Gasteiger partial charge < -0.3 is 9.64 Å². The summed E-state index contributed by atoms with van der Waals surface area (Å²) in [5, 5.41) is 11.1. The van der Waals surface area contributed by atoms with Gasteiger partial charge in [0.15, 0.2) is 0 Å². The first-order chi connectivity index (χ1) is 11.9. The van der Waals surface area contributed by atoms with Crippen LogP contribution in [-0.2, 0) is 16.0 Å². The number of rotatable bonds is 6. The predicted octanol–water partition coefficient (Wildman–Crippen LogP) is 1.87. The third-order valence-corrected chi connectivity index (χ3v) is 5.26. The summed E-state index contributed by atoms with van der Waals surface area (Å²) in [5.41, 5.74) is 1.84. The second-order valence-corrected chi connectivity index (χ2v) is 7.12. The average Bonchev–Trinajstić information content (AvgIpc) is 3.13. The van der Waals surface area contributed by atoms with Crippen LogP contribution in [0.25, 0.3) is 5.69 Å². The average molecular weight is 343 g/mol. The van der Waals surface area contributed by atoms with Crippen LogP contribution in [0, 0.1) is 5.41 Å². The molecule has 7 nitrogen and oxygen atoms in total. The molecule has 25 heavy (non-hydrogen) atoms. The van der Waals surface area contributed by atoms with E-state index >= 15 is 0 Å². The summed E-state index contributed by atoms with van der Waals surface area (Å²) >= 11 is 0. The van der Waals surface area contributed by atoms with Crippen LogP contribution in [0.1, 0.15) is 32.8 Å². The number of likely N-dealkylation sites (N-methyl/N-ethyl adjacent to an activating group) is 1. The first kappa shape index (κ1) is 17.5. The van der Waals surface area contributed by atoms with E-state index in [0.717, 1.165) is 17.7 Å². The minimum atomic E-state index is -0.00955. The number of hydrogen-bond donors (Lipinski definition) is 0. The highest BCUT2D eigenvalue weighted by molar-refractivity contribution is 5.79. The lowest BCUT2D eigenvalue weighted by Gasteiger charge is -2.54. The number of ether oxygens (including phenoxy) is 1. The molecule has 2 aromatic rings. The van der Waals surface area contributed by atoms with E-state index in [0.29, 0.717) is 13.0 Å². The molecule has 7 heteroatoms. The van der Waals surface area contributed by atoms with Gasteiger partial charge in [-0.05, 0) is 41.5 Å². The minimum absolute atomic E-state index is 0.00955. The lowest BCUT2D eigenvalue weighted by atomic mass is 9.63. The van der Waals surface area contributed by atoms with Crippen LogP contribution in [-0.4, -0.2) is 56.8 Å². The molecule has 0 aliphatic heterocycles. The summed E-state index contributed by atoms with van der Waals surface area (Å²) in [5.74, 6) is 0.128. The molecule has 3 rings (SSSR count). The Bertz CT molecular complexity index is 712. The van der Waals surface area contributed by atoms with Gasteiger partial charge in [-0.2, -0.15) is 0 Å². The lowest BCUT2D eigenvalue weighted by Crippen LogP contribution is -2.62. The summed E-state index contributed by atoms with van der Waals surface area (Å²) in [6, 6.07) is 7.93. The van der Waals surface area contributed by atoms with Crippen molar-refractivity contribution in [3.63, 3.8) is 0 Å². The minimum Gasteiger partial charge on any atom is -0.378 e. The zero-order valence-corrected chi connectivity index (χ0v) is 15.2. The van der Waals surface area contributed by atoms with Gasteiger partial charge in [-0.15, -0.1) is 5.10 Å². The monoisotopic (exact) mass is 343 g/mol. The molecule has 0 bridgehead atoms. The number of tetrazole rings is 1. The van der Waals surface area contributed by atoms with E-state index in [4.69, 9.17) is 4.74 Å². The van der Waals surface area contributed by atoms with E-state index in [1.807, 2.05) is 43.1 Å². The van der Waals surface area contributed by atoms with Crippen LogP contribution in [0.3, 0.4) is 0 Å². The van der Waals surface area contributed by atoms with Gasteiger partial charge >= 0.3 is 0 Å². The van der Waals surface area contributed by atoms with Gasteiger partial charge in [0.05, 0.1) is 18.2 Å². The summed E-state index contributed by atoms with van der Waals surface area (Å²) in [7, 11) is 1.90. The molecule has 1 heterocycles. The Labute approximate surface area is 148 Å². The number of hydrogen-bond acceptors (Lipinski definition) is 5. The maximum atomic E-state index is 12.7. The summed E-state index contributed by atoms with van der Waals surface area (Å²) in [4.78, 5) is 14.5. The van der Waals surface area contributed by atoms with Crippen LogP contribution in [0.2, 0.25) is 0 Å². The second kappa shape index (κ2) is 6.92. The topological polar surface area (TPSA) is 73.1 Å². The molecular formula is C18H25N5O2. The van der Waals surface area contributed by atoms with Crippen molar-refractivity contribution in [2.45, 2.75) is 45.8 Å². The number of nitrogens with zero attached hydrogens (tertiary/aromatic N) is 5. The first-order valence-corrected chi connectivity index (χ1v) is 8.63. The molecule has 0 unspecified atom stereocenters. The van der Waals surface area contributed by atoms with E-state index in [1.54, 1.807) is 11.0 Å². The molecule has 1 saturated carbocycles. The van der Waals surface area contributed by atoms with Crippen molar-refractivity contribution < 1.29 is 9.53 Å². The summed E-state index contributed by atoms with van der Waals surface area (Å²) in [6.07, 6.45) is 3.06. The maximum absolute atomic E-state index is 12.7. The van der Waals surface area contributed by atoms with E-state index in [2.05, 4.69) is 29.4 Å². The zero-order chi connectivity index (χ0) is 18.0. The Morgan fingerprint density at radius 3 is 2.64 bits per heavy atom. The molecule has 1 amide bonds. The number of benzene rings is 1. The fourth-order valence-corrected chi connectivity index (χ4v) is 3.52. The van der Waals surface area contributed by atoms with Crippen molar-refractivity contribution in [2.75, 3.05) is 13.7 Å². The van der Waals surface area contributed by atoms with E-state index in [1.165, 1.54) is 0 Å². The van der Waals surface area contributed by atoms with Crippen LogP contribution in [0.15, 0.2) is 30.6 Å². The Morgan fingerprint density at radius 1 is 1.36 bits per heavy atom. The molecule has 134 valence electrons. The molecule has 1 fully saturated rings. The highest BCUT2D eigenvalue weighted by Crippen LogP contribution is 2.45. The van der Waals surface area contributed by atoms with Crippen LogP contribution >= 0.6 is 0 Å². The molecule has 1 aliphatic carbocycles. The van der Waals surface area contributed by atoms with Crippen LogP contribution in [0.4, 0.5) is 0 Å². The van der Waals surface area contributed by atoms with Gasteiger partial charge in [-0.3, -0.25) is 4.79 Å². The van der Waals surface area contributed by atoms with Gasteiger partial charge in [0.1, 0.15) is 6.33 Å². The number of aromatic nitrogens is 4. The molecule has 0 N–H and O–H groups in total. The molecule has 0 spiro atoms. The quantitative estimate of drug-likeness (QED) is 0.800. The Kier molecular flexibility index (Phi) is 4.85. The Balaban J connectivity index is 1.60. The molecule has 2 atom stereocenters. The molecule has 1 aliphatic rings. The van der Waals surface area contributed by atoms with E-state index in [-0.39, 0.29) is 23.5 Å². The van der Waals surface area contributed by atoms with Gasteiger partial charge in [-0.25, -0.2) is 4.68 Å². The normalized spacial score (nSPS) is 21.6. The summed E-state index contributed by atoms with van der Waals surface area (Å²) < 4.78 is 7.35. The fraction of sp³-hybridized carbons (Fsp3) is 0.556. The van der Waals surface area contributed by atoms with E-state index in [9.17, 15) is 4.79 Å². The van der Waals surface area contributed by atoms with Crippen molar-refractivity contribution in [1.82, 2.24) is 25.1 Å². The lowest BCUT2D eigenvalue weighted by molar-refractivity contribution is -0.162. The first-order valence-electron chi connectivity index (χ1n) is 8.63. The van der Waals surface area contributed by atoms with Crippen LogP contribution < -0.4 is 0 Å². The number of amides is 1. The van der Waals surface area contributed by atoms with Gasteiger partial charge in [0, 0.05) is 25.1 Å². The fourth-order valence-electron chi connectivity index (χ4n) is 3.52. The number of carbonyl (C=O) groups excluding carboxylic acids is 1. The third-order valence-electron chi connectivity index (χ3n) is 5.26. The van der Waals surface area contributed by atoms with Gasteiger partial charge in [0.2, 0.25) is 5.91 Å². The molecule has 0 radical (unpaired) electrons. The highest BCUT2D eigenvalue weighted by Gasteiger charge is 2.51. The largest absolute Gasteiger partial charge is 0.378 e. The van der Waals surface area contributed by atoms with Crippen LogP contribution in [0.5, 0.6) is 0 Å². The second-order valence-electron chi connectivity index (χ2n) is 7.12. The van der Waals surface area contributed by atoms with Gasteiger partial charge in [-0.1, -0.05) is 26.0 Å². The van der Waals surface area contributed by atoms with Crippen molar-refractivity contribution >= 4 is 5.91 Å². The smallest absolute Gasteiger partial charge is 0.227 e.